The smallest absolute Gasteiger partial charge is 0.328 e. The van der Waals surface area contributed by atoms with Crippen LogP contribution in [0.1, 0.15) is 19.4 Å². The minimum absolute atomic E-state index is 0.266. The Kier molecular flexibility index (Phi) is 4.99. The number of hydrogen-bond donors (Lipinski definition) is 2. The molecule has 1 amide bonds. The van der Waals surface area contributed by atoms with Crippen LogP contribution in [-0.2, 0) is 20.7 Å². The van der Waals surface area contributed by atoms with Gasteiger partial charge in [-0.25, -0.2) is 4.79 Å². The van der Waals surface area contributed by atoms with Crippen molar-refractivity contribution in [1.29, 1.82) is 0 Å². The highest BCUT2D eigenvalue weighted by Gasteiger charge is 2.23. The fraction of sp³-hybridized carbons (Fsp3) is 0.294. The van der Waals surface area contributed by atoms with Crippen molar-refractivity contribution in [2.24, 2.45) is 0 Å². The summed E-state index contributed by atoms with van der Waals surface area (Å²) in [5, 5.41) is 3.76. The normalized spacial score (nSPS) is 13.0. The zero-order valence-electron chi connectivity index (χ0n) is 13.0. The van der Waals surface area contributed by atoms with Gasteiger partial charge >= 0.3 is 5.97 Å². The van der Waals surface area contributed by atoms with Gasteiger partial charge < -0.3 is 15.0 Å². The fourth-order valence-corrected chi connectivity index (χ4v) is 2.26. The van der Waals surface area contributed by atoms with E-state index < -0.39 is 12.0 Å². The van der Waals surface area contributed by atoms with Crippen molar-refractivity contribution in [3.05, 3.63) is 47.7 Å². The zero-order valence-corrected chi connectivity index (χ0v) is 13.0. The summed E-state index contributed by atoms with van der Waals surface area (Å²) in [6.45, 7) is 3.48. The van der Waals surface area contributed by atoms with E-state index in [4.69, 9.17) is 4.74 Å². The number of ether oxygens (including phenoxy) is 1. The van der Waals surface area contributed by atoms with Crippen LogP contribution in [0.2, 0.25) is 0 Å². The van der Waals surface area contributed by atoms with E-state index in [9.17, 15) is 9.59 Å². The van der Waals surface area contributed by atoms with Gasteiger partial charge in [0.25, 0.3) is 0 Å². The molecule has 2 N–H and O–H groups in total. The van der Waals surface area contributed by atoms with Gasteiger partial charge in [-0.3, -0.25) is 4.79 Å². The first-order chi connectivity index (χ1) is 10.6. The quantitative estimate of drug-likeness (QED) is 0.657. The molecule has 0 saturated carbocycles. The second-order valence-corrected chi connectivity index (χ2v) is 5.08. The number of methoxy groups -OCH3 is 1. The molecule has 116 valence electrons. The lowest BCUT2D eigenvalue weighted by Gasteiger charge is -2.16. The van der Waals surface area contributed by atoms with Gasteiger partial charge in [0.15, 0.2) is 0 Å². The molecule has 1 aromatic carbocycles. The summed E-state index contributed by atoms with van der Waals surface area (Å²) in [5.41, 5.74) is 2.52. The number of hydrogen-bond acceptors (Lipinski definition) is 3. The number of esters is 1. The van der Waals surface area contributed by atoms with Gasteiger partial charge in [-0.05, 0) is 25.5 Å². The second kappa shape index (κ2) is 6.93. The summed E-state index contributed by atoms with van der Waals surface area (Å²) >= 11 is 0. The van der Waals surface area contributed by atoms with Crippen LogP contribution >= 0.6 is 0 Å². The number of benzene rings is 1. The fourth-order valence-electron chi connectivity index (χ4n) is 2.26. The van der Waals surface area contributed by atoms with E-state index in [1.165, 1.54) is 7.11 Å². The van der Waals surface area contributed by atoms with Gasteiger partial charge in [0.05, 0.1) is 7.11 Å². The van der Waals surface area contributed by atoms with Crippen LogP contribution < -0.4 is 5.32 Å². The molecule has 0 radical (unpaired) electrons. The third-order valence-corrected chi connectivity index (χ3v) is 3.68. The molecular weight excluding hydrogens is 280 g/mol. The Morgan fingerprint density at radius 2 is 2.09 bits per heavy atom. The number of allylic oxidation sites excluding steroid dienone is 1. The molecule has 0 aliphatic heterocycles. The maximum atomic E-state index is 12.0. The molecule has 0 unspecified atom stereocenters. The number of aromatic amines is 1. The molecule has 0 spiro atoms. The van der Waals surface area contributed by atoms with Crippen molar-refractivity contribution < 1.29 is 14.3 Å². The number of carbonyl (C=O) groups excluding carboxylic acids is 2. The van der Waals surface area contributed by atoms with Crippen LogP contribution in [0.3, 0.4) is 0 Å². The summed E-state index contributed by atoms with van der Waals surface area (Å²) in [7, 11) is 1.32. The maximum absolute atomic E-state index is 12.0. The molecule has 0 fully saturated rings. The van der Waals surface area contributed by atoms with Crippen LogP contribution in [0.4, 0.5) is 0 Å². The van der Waals surface area contributed by atoms with E-state index in [2.05, 4.69) is 10.3 Å². The zero-order chi connectivity index (χ0) is 16.1. The van der Waals surface area contributed by atoms with Crippen LogP contribution in [0, 0.1) is 0 Å². The molecule has 0 aliphatic carbocycles. The van der Waals surface area contributed by atoms with Gasteiger partial charge in [0.2, 0.25) is 5.91 Å². The van der Waals surface area contributed by atoms with Gasteiger partial charge in [-0.15, -0.1) is 0 Å². The SMILES string of the molecule is CC=C(C)C(=O)N[C@@H](Cc1c[nH]c2ccccc12)C(=O)OC. The number of carbonyl (C=O) groups is 2. The van der Waals surface area contributed by atoms with E-state index >= 15 is 0 Å². The lowest BCUT2D eigenvalue weighted by atomic mass is 10.0. The molecule has 5 nitrogen and oxygen atoms in total. The highest BCUT2D eigenvalue weighted by molar-refractivity contribution is 5.95. The van der Waals surface area contributed by atoms with Gasteiger partial charge in [-0.2, -0.15) is 0 Å². The summed E-state index contributed by atoms with van der Waals surface area (Å²) in [6, 6.07) is 7.11. The van der Waals surface area contributed by atoms with E-state index in [1.807, 2.05) is 30.5 Å². The first-order valence-corrected chi connectivity index (χ1v) is 7.13. The number of H-pyrrole nitrogens is 1. The minimum atomic E-state index is -0.716. The van der Waals surface area contributed by atoms with Crippen LogP contribution in [0.15, 0.2) is 42.1 Å². The summed E-state index contributed by atoms with van der Waals surface area (Å²) in [5.74, 6) is -0.722. The summed E-state index contributed by atoms with van der Waals surface area (Å²) in [6.07, 6.45) is 3.93. The van der Waals surface area contributed by atoms with E-state index in [-0.39, 0.29) is 5.91 Å². The molecular formula is C17H20N2O3. The van der Waals surface area contributed by atoms with Crippen molar-refractivity contribution in [3.63, 3.8) is 0 Å². The average Bonchev–Trinajstić information content (AvgIpc) is 2.95. The predicted octanol–water partition coefficient (Wildman–Crippen LogP) is 2.33. The molecule has 0 aliphatic rings. The monoisotopic (exact) mass is 300 g/mol. The first kappa shape index (κ1) is 15.8. The Morgan fingerprint density at radius 1 is 1.36 bits per heavy atom. The van der Waals surface area contributed by atoms with Crippen LogP contribution in [-0.4, -0.2) is 30.0 Å². The third kappa shape index (κ3) is 3.36. The standard InChI is InChI=1S/C17H20N2O3/c1-4-11(2)16(20)19-15(17(21)22-3)9-12-10-18-14-8-6-5-7-13(12)14/h4-8,10,15,18H,9H2,1-3H3,(H,19,20)/t15-/m0/s1. The first-order valence-electron chi connectivity index (χ1n) is 7.13. The molecule has 0 saturated heterocycles. The van der Waals surface area contributed by atoms with E-state index in [0.29, 0.717) is 12.0 Å². The van der Waals surface area contributed by atoms with Gasteiger partial charge in [-0.1, -0.05) is 24.3 Å². The molecule has 1 aromatic heterocycles. The lowest BCUT2D eigenvalue weighted by Crippen LogP contribution is -2.43. The topological polar surface area (TPSA) is 71.2 Å². The van der Waals surface area contributed by atoms with E-state index in [1.54, 1.807) is 19.9 Å². The van der Waals surface area contributed by atoms with E-state index in [0.717, 1.165) is 16.5 Å². The van der Waals surface area contributed by atoms with Crippen LogP contribution in [0.25, 0.3) is 10.9 Å². The number of amides is 1. The number of para-hydroxylation sites is 1. The molecule has 2 aromatic rings. The average molecular weight is 300 g/mol. The van der Waals surface area contributed by atoms with Crippen LogP contribution in [0.5, 0.6) is 0 Å². The minimum Gasteiger partial charge on any atom is -0.467 e. The Bertz CT molecular complexity index is 716. The Morgan fingerprint density at radius 3 is 2.77 bits per heavy atom. The predicted molar refractivity (Wildman–Crippen MR) is 85.4 cm³/mol. The van der Waals surface area contributed by atoms with Crippen molar-refractivity contribution in [3.8, 4) is 0 Å². The Hall–Kier alpha value is -2.56. The largest absolute Gasteiger partial charge is 0.467 e. The van der Waals surface area contributed by atoms with Crippen molar-refractivity contribution in [1.82, 2.24) is 10.3 Å². The number of fused-ring (bicyclic) bond motifs is 1. The Labute approximate surface area is 129 Å². The summed E-state index contributed by atoms with van der Waals surface area (Å²) in [4.78, 5) is 27.1. The molecule has 1 atom stereocenters. The highest BCUT2D eigenvalue weighted by atomic mass is 16.5. The molecule has 2 rings (SSSR count). The molecule has 1 heterocycles. The molecule has 22 heavy (non-hydrogen) atoms. The second-order valence-electron chi connectivity index (χ2n) is 5.08. The van der Waals surface area contributed by atoms with Gasteiger partial charge in [0, 0.05) is 29.1 Å². The molecule has 0 bridgehead atoms. The number of rotatable bonds is 5. The van der Waals surface area contributed by atoms with Crippen molar-refractivity contribution in [2.45, 2.75) is 26.3 Å². The lowest BCUT2D eigenvalue weighted by molar-refractivity contribution is -0.144. The molecule has 5 heteroatoms. The van der Waals surface area contributed by atoms with Crippen molar-refractivity contribution >= 4 is 22.8 Å². The van der Waals surface area contributed by atoms with Gasteiger partial charge in [0.1, 0.15) is 6.04 Å². The summed E-state index contributed by atoms with van der Waals surface area (Å²) < 4.78 is 4.80. The Balaban J connectivity index is 2.23. The van der Waals surface area contributed by atoms with Crippen molar-refractivity contribution in [2.75, 3.05) is 7.11 Å². The number of nitrogens with one attached hydrogen (secondary N) is 2. The third-order valence-electron chi connectivity index (χ3n) is 3.68. The number of aromatic nitrogens is 1. The highest BCUT2D eigenvalue weighted by Crippen LogP contribution is 2.19. The maximum Gasteiger partial charge on any atom is 0.328 e.